The summed E-state index contributed by atoms with van der Waals surface area (Å²) >= 11 is 3.46. The fraction of sp³-hybridized carbons (Fsp3) is 0.231. The second-order valence-corrected chi connectivity index (χ2v) is 4.74. The lowest BCUT2D eigenvalue weighted by Crippen LogP contribution is -2.14. The van der Waals surface area contributed by atoms with Gasteiger partial charge in [0.2, 0.25) is 0 Å². The van der Waals surface area contributed by atoms with Crippen LogP contribution in [0.1, 0.15) is 17.1 Å². The van der Waals surface area contributed by atoms with Crippen molar-refractivity contribution in [1.82, 2.24) is 15.3 Å². The monoisotopic (exact) mass is 291 g/mol. The molecule has 88 valence electrons. The Balaban J connectivity index is 1.87. The van der Waals surface area contributed by atoms with E-state index in [2.05, 4.69) is 43.3 Å². The summed E-state index contributed by atoms with van der Waals surface area (Å²) in [6, 6.07) is 10.2. The molecule has 0 fully saturated rings. The van der Waals surface area contributed by atoms with Crippen LogP contribution < -0.4 is 5.32 Å². The van der Waals surface area contributed by atoms with E-state index in [-0.39, 0.29) is 0 Å². The summed E-state index contributed by atoms with van der Waals surface area (Å²) in [6.07, 6.45) is 1.79. The van der Waals surface area contributed by atoms with Crippen LogP contribution in [0.4, 0.5) is 0 Å². The van der Waals surface area contributed by atoms with Gasteiger partial charge >= 0.3 is 0 Å². The molecule has 0 spiro atoms. The van der Waals surface area contributed by atoms with Gasteiger partial charge < -0.3 is 5.32 Å². The molecular weight excluding hydrogens is 278 g/mol. The van der Waals surface area contributed by atoms with Crippen molar-refractivity contribution < 1.29 is 0 Å². The van der Waals surface area contributed by atoms with Crippen LogP contribution in [0, 0.1) is 6.92 Å². The largest absolute Gasteiger partial charge is 0.307 e. The Morgan fingerprint density at radius 3 is 2.88 bits per heavy atom. The standard InChI is InChI=1S/C13H14BrN3/c1-10-16-6-5-13(17-10)9-15-8-11-3-2-4-12(14)7-11/h2-7,15H,8-9H2,1H3. The highest BCUT2D eigenvalue weighted by Gasteiger charge is 1.97. The molecule has 0 amide bonds. The number of nitrogens with one attached hydrogen (secondary N) is 1. The van der Waals surface area contributed by atoms with Gasteiger partial charge in [-0.15, -0.1) is 0 Å². The van der Waals surface area contributed by atoms with Gasteiger partial charge in [0.25, 0.3) is 0 Å². The van der Waals surface area contributed by atoms with Crippen molar-refractivity contribution in [1.29, 1.82) is 0 Å². The Hall–Kier alpha value is -1.26. The zero-order valence-electron chi connectivity index (χ0n) is 9.65. The summed E-state index contributed by atoms with van der Waals surface area (Å²) in [7, 11) is 0. The number of rotatable bonds is 4. The maximum absolute atomic E-state index is 4.34. The highest BCUT2D eigenvalue weighted by molar-refractivity contribution is 9.10. The zero-order chi connectivity index (χ0) is 12.1. The van der Waals surface area contributed by atoms with Gasteiger partial charge in [-0.3, -0.25) is 0 Å². The predicted molar refractivity (Wildman–Crippen MR) is 71.5 cm³/mol. The van der Waals surface area contributed by atoms with Gasteiger partial charge in [0.15, 0.2) is 0 Å². The average molecular weight is 292 g/mol. The molecule has 4 heteroatoms. The van der Waals surface area contributed by atoms with Crippen LogP contribution in [0.2, 0.25) is 0 Å². The third kappa shape index (κ3) is 3.91. The van der Waals surface area contributed by atoms with Crippen molar-refractivity contribution in [3.05, 3.63) is 58.1 Å². The summed E-state index contributed by atoms with van der Waals surface area (Å²) in [4.78, 5) is 8.41. The fourth-order valence-corrected chi connectivity index (χ4v) is 2.03. The van der Waals surface area contributed by atoms with Crippen molar-refractivity contribution in [3.63, 3.8) is 0 Å². The molecule has 1 aromatic carbocycles. The van der Waals surface area contributed by atoms with E-state index in [1.54, 1.807) is 6.20 Å². The number of nitrogens with zero attached hydrogens (tertiary/aromatic N) is 2. The first-order valence-corrected chi connectivity index (χ1v) is 6.27. The molecule has 17 heavy (non-hydrogen) atoms. The highest BCUT2D eigenvalue weighted by Crippen LogP contribution is 2.11. The predicted octanol–water partition coefficient (Wildman–Crippen LogP) is 2.84. The molecule has 1 heterocycles. The van der Waals surface area contributed by atoms with Crippen LogP contribution in [0.5, 0.6) is 0 Å². The van der Waals surface area contributed by atoms with Crippen molar-refractivity contribution >= 4 is 15.9 Å². The first-order chi connectivity index (χ1) is 8.24. The average Bonchev–Trinajstić information content (AvgIpc) is 2.29. The smallest absolute Gasteiger partial charge is 0.125 e. The van der Waals surface area contributed by atoms with Crippen molar-refractivity contribution in [3.8, 4) is 0 Å². The second-order valence-electron chi connectivity index (χ2n) is 3.83. The van der Waals surface area contributed by atoms with E-state index in [0.717, 1.165) is 29.1 Å². The summed E-state index contributed by atoms with van der Waals surface area (Å²) in [5, 5.41) is 3.36. The molecule has 1 aromatic heterocycles. The van der Waals surface area contributed by atoms with Crippen LogP contribution in [0.25, 0.3) is 0 Å². The lowest BCUT2D eigenvalue weighted by molar-refractivity contribution is 0.675. The van der Waals surface area contributed by atoms with Crippen LogP contribution >= 0.6 is 15.9 Å². The molecule has 0 saturated carbocycles. The normalized spacial score (nSPS) is 10.5. The Morgan fingerprint density at radius 1 is 1.24 bits per heavy atom. The van der Waals surface area contributed by atoms with E-state index in [1.165, 1.54) is 5.56 Å². The molecule has 0 aliphatic carbocycles. The van der Waals surface area contributed by atoms with Crippen LogP contribution in [0.3, 0.4) is 0 Å². The van der Waals surface area contributed by atoms with Gasteiger partial charge in [-0.1, -0.05) is 28.1 Å². The third-order valence-corrected chi connectivity index (χ3v) is 2.85. The topological polar surface area (TPSA) is 37.8 Å². The molecule has 0 aliphatic heterocycles. The summed E-state index contributed by atoms with van der Waals surface area (Å²) in [6.45, 7) is 3.50. The number of aryl methyl sites for hydroxylation is 1. The van der Waals surface area contributed by atoms with Gasteiger partial charge in [-0.05, 0) is 30.7 Å². The Kier molecular flexibility index (Phi) is 4.23. The van der Waals surface area contributed by atoms with Crippen LogP contribution in [0.15, 0.2) is 41.0 Å². The molecule has 0 radical (unpaired) electrons. The number of hydrogen-bond acceptors (Lipinski definition) is 3. The molecule has 0 bridgehead atoms. The van der Waals surface area contributed by atoms with E-state index in [0.29, 0.717) is 0 Å². The van der Waals surface area contributed by atoms with E-state index in [4.69, 9.17) is 0 Å². The highest BCUT2D eigenvalue weighted by atomic mass is 79.9. The molecule has 0 saturated heterocycles. The maximum atomic E-state index is 4.34. The van der Waals surface area contributed by atoms with Gasteiger partial charge in [0.1, 0.15) is 5.82 Å². The van der Waals surface area contributed by atoms with Crippen molar-refractivity contribution in [2.24, 2.45) is 0 Å². The van der Waals surface area contributed by atoms with Gasteiger partial charge in [0, 0.05) is 23.8 Å². The molecule has 2 aromatic rings. The number of hydrogen-bond donors (Lipinski definition) is 1. The molecule has 0 atom stereocenters. The van der Waals surface area contributed by atoms with Crippen LogP contribution in [-0.4, -0.2) is 9.97 Å². The van der Waals surface area contributed by atoms with Gasteiger partial charge in [-0.2, -0.15) is 0 Å². The number of halogens is 1. The minimum atomic E-state index is 0.760. The minimum Gasteiger partial charge on any atom is -0.307 e. The quantitative estimate of drug-likeness (QED) is 0.941. The van der Waals surface area contributed by atoms with Crippen LogP contribution in [-0.2, 0) is 13.1 Å². The van der Waals surface area contributed by atoms with E-state index < -0.39 is 0 Å². The first-order valence-electron chi connectivity index (χ1n) is 5.48. The summed E-state index contributed by atoms with van der Waals surface area (Å²) in [5.74, 6) is 0.812. The van der Waals surface area contributed by atoms with Crippen molar-refractivity contribution in [2.45, 2.75) is 20.0 Å². The molecule has 2 rings (SSSR count). The van der Waals surface area contributed by atoms with Gasteiger partial charge in [0.05, 0.1) is 5.69 Å². The summed E-state index contributed by atoms with van der Waals surface area (Å²) < 4.78 is 1.11. The zero-order valence-corrected chi connectivity index (χ0v) is 11.2. The van der Waals surface area contributed by atoms with E-state index in [1.807, 2.05) is 25.1 Å². The van der Waals surface area contributed by atoms with E-state index >= 15 is 0 Å². The van der Waals surface area contributed by atoms with E-state index in [9.17, 15) is 0 Å². The SMILES string of the molecule is Cc1nccc(CNCc2cccc(Br)c2)n1. The lowest BCUT2D eigenvalue weighted by atomic mass is 10.2. The molecule has 1 N–H and O–H groups in total. The first kappa shape index (κ1) is 12.2. The minimum absolute atomic E-state index is 0.760. The maximum Gasteiger partial charge on any atom is 0.125 e. The summed E-state index contributed by atoms with van der Waals surface area (Å²) in [5.41, 5.74) is 2.28. The fourth-order valence-electron chi connectivity index (χ4n) is 1.59. The van der Waals surface area contributed by atoms with Crippen molar-refractivity contribution in [2.75, 3.05) is 0 Å². The molecule has 3 nitrogen and oxygen atoms in total. The molecule has 0 unspecified atom stereocenters. The second kappa shape index (κ2) is 5.89. The Bertz CT molecular complexity index is 454. The molecule has 0 aliphatic rings. The Morgan fingerprint density at radius 2 is 2.12 bits per heavy atom. The van der Waals surface area contributed by atoms with Gasteiger partial charge in [-0.25, -0.2) is 9.97 Å². The number of benzene rings is 1. The number of aromatic nitrogens is 2. The lowest BCUT2D eigenvalue weighted by Gasteiger charge is -2.05. The molecular formula is C13H14BrN3. The Labute approximate surface area is 109 Å². The third-order valence-electron chi connectivity index (χ3n) is 2.36.